The first-order valence-electron chi connectivity index (χ1n) is 12.4. The van der Waals surface area contributed by atoms with Gasteiger partial charge in [-0.3, -0.25) is 14.7 Å². The molecule has 0 spiro atoms. The summed E-state index contributed by atoms with van der Waals surface area (Å²) in [6.45, 7) is 2.78. The van der Waals surface area contributed by atoms with Crippen LogP contribution in [0.3, 0.4) is 0 Å². The number of aromatic nitrogens is 2. The maximum atomic E-state index is 12.6. The molecule has 37 heavy (non-hydrogen) atoms. The van der Waals surface area contributed by atoms with Gasteiger partial charge in [-0.25, -0.2) is 9.78 Å². The number of hydrogen-bond donors (Lipinski definition) is 2. The van der Waals surface area contributed by atoms with Crippen molar-refractivity contribution in [3.8, 4) is 11.6 Å². The highest BCUT2D eigenvalue weighted by Gasteiger charge is 2.33. The van der Waals surface area contributed by atoms with Crippen LogP contribution in [0, 0.1) is 0 Å². The van der Waals surface area contributed by atoms with Crippen molar-refractivity contribution in [1.29, 1.82) is 0 Å². The van der Waals surface area contributed by atoms with Gasteiger partial charge < -0.3 is 29.7 Å². The number of hydrogen-bond acceptors (Lipinski definition) is 9. The summed E-state index contributed by atoms with van der Waals surface area (Å²) in [5.41, 5.74) is 3.99. The maximum Gasteiger partial charge on any atom is 0.414 e. The van der Waals surface area contributed by atoms with Crippen LogP contribution in [0.5, 0.6) is 11.6 Å². The van der Waals surface area contributed by atoms with Crippen LogP contribution >= 0.6 is 0 Å². The minimum absolute atomic E-state index is 0.00441. The van der Waals surface area contributed by atoms with Gasteiger partial charge in [-0.15, -0.1) is 0 Å². The Labute approximate surface area is 213 Å². The molecule has 3 aliphatic heterocycles. The SMILES string of the molecule is COc1ccc2nccc(N3CCC(NCC4CN(c5ccc6c(c5)NC(=O)CO6)C(=O)O4)CC3)c2n1. The number of fused-ring (bicyclic) bond motifs is 2. The zero-order chi connectivity index (χ0) is 25.4. The lowest BCUT2D eigenvalue weighted by Crippen LogP contribution is -2.45. The number of carbonyl (C=O) groups is 2. The van der Waals surface area contributed by atoms with Crippen LogP contribution in [0.15, 0.2) is 42.6 Å². The average molecular weight is 505 g/mol. The molecule has 0 bridgehead atoms. The number of ether oxygens (including phenoxy) is 3. The Bertz CT molecular complexity index is 1340. The van der Waals surface area contributed by atoms with Gasteiger partial charge in [-0.2, -0.15) is 0 Å². The van der Waals surface area contributed by atoms with Crippen LogP contribution in [-0.4, -0.2) is 74.0 Å². The number of nitrogens with zero attached hydrogens (tertiary/aromatic N) is 4. The Balaban J connectivity index is 1.04. The molecule has 2 saturated heterocycles. The third-order valence-corrected chi connectivity index (χ3v) is 7.00. The van der Waals surface area contributed by atoms with E-state index in [9.17, 15) is 9.59 Å². The molecular weight excluding hydrogens is 476 g/mol. The van der Waals surface area contributed by atoms with Crippen LogP contribution in [0.25, 0.3) is 11.0 Å². The lowest BCUT2D eigenvalue weighted by atomic mass is 10.0. The van der Waals surface area contributed by atoms with Crippen molar-refractivity contribution in [3.05, 3.63) is 42.6 Å². The van der Waals surface area contributed by atoms with Crippen molar-refractivity contribution in [2.45, 2.75) is 25.0 Å². The smallest absolute Gasteiger partial charge is 0.414 e. The van der Waals surface area contributed by atoms with E-state index in [1.54, 1.807) is 30.2 Å². The van der Waals surface area contributed by atoms with Gasteiger partial charge in [0, 0.05) is 43.6 Å². The summed E-state index contributed by atoms with van der Waals surface area (Å²) in [5, 5.41) is 6.36. The highest BCUT2D eigenvalue weighted by atomic mass is 16.6. The standard InChI is InChI=1S/C26H28N6O5/c1-35-24-5-3-19-25(30-24)21(6-9-27-19)31-10-7-16(8-11-31)28-13-18-14-32(26(34)37-18)17-2-4-22-20(12-17)29-23(33)15-36-22/h2-6,9,12,16,18,28H,7-8,10-11,13-15H2,1H3,(H,29,33). The van der Waals surface area contributed by atoms with Crippen molar-refractivity contribution in [3.63, 3.8) is 0 Å². The van der Waals surface area contributed by atoms with E-state index in [-0.39, 0.29) is 18.6 Å². The van der Waals surface area contributed by atoms with E-state index in [2.05, 4.69) is 25.5 Å². The van der Waals surface area contributed by atoms with E-state index >= 15 is 0 Å². The number of rotatable bonds is 6. The molecule has 0 saturated carbocycles. The molecule has 0 radical (unpaired) electrons. The predicted molar refractivity (Wildman–Crippen MR) is 138 cm³/mol. The number of nitrogens with one attached hydrogen (secondary N) is 2. The molecule has 1 aromatic carbocycles. The number of anilines is 3. The van der Waals surface area contributed by atoms with Crippen molar-refractivity contribution >= 4 is 40.1 Å². The Kier molecular flexibility index (Phi) is 6.13. The average Bonchev–Trinajstić information content (AvgIpc) is 3.31. The molecule has 11 heteroatoms. The molecule has 1 unspecified atom stereocenters. The van der Waals surface area contributed by atoms with E-state index in [0.717, 1.165) is 42.7 Å². The van der Waals surface area contributed by atoms with Gasteiger partial charge in [-0.05, 0) is 43.2 Å². The number of methoxy groups -OCH3 is 1. The topological polar surface area (TPSA) is 118 Å². The summed E-state index contributed by atoms with van der Waals surface area (Å²) in [6, 6.07) is 11.4. The molecule has 2 fully saturated rings. The van der Waals surface area contributed by atoms with Gasteiger partial charge in [0.2, 0.25) is 5.88 Å². The molecule has 2 N–H and O–H groups in total. The Hall–Kier alpha value is -4.12. The second-order valence-corrected chi connectivity index (χ2v) is 9.35. The normalized spacial score (nSPS) is 19.9. The molecule has 192 valence electrons. The molecule has 3 aromatic rings. The highest BCUT2D eigenvalue weighted by molar-refractivity contribution is 5.97. The predicted octanol–water partition coefficient (Wildman–Crippen LogP) is 2.55. The summed E-state index contributed by atoms with van der Waals surface area (Å²) in [6.07, 6.45) is 3.09. The monoisotopic (exact) mass is 504 g/mol. The van der Waals surface area contributed by atoms with Gasteiger partial charge in [0.25, 0.3) is 5.91 Å². The fourth-order valence-corrected chi connectivity index (χ4v) is 5.06. The Morgan fingerprint density at radius 2 is 2.03 bits per heavy atom. The van der Waals surface area contributed by atoms with Gasteiger partial charge in [0.1, 0.15) is 17.4 Å². The van der Waals surface area contributed by atoms with E-state index in [1.165, 1.54) is 0 Å². The summed E-state index contributed by atoms with van der Waals surface area (Å²) < 4.78 is 16.3. The molecular formula is C26H28N6O5. The molecule has 2 amide bonds. The Morgan fingerprint density at radius 3 is 2.86 bits per heavy atom. The van der Waals surface area contributed by atoms with Gasteiger partial charge in [0.15, 0.2) is 6.61 Å². The van der Waals surface area contributed by atoms with Crippen LogP contribution in [0.1, 0.15) is 12.8 Å². The highest BCUT2D eigenvalue weighted by Crippen LogP contribution is 2.33. The number of amides is 2. The van der Waals surface area contributed by atoms with Gasteiger partial charge in [-0.1, -0.05) is 0 Å². The lowest BCUT2D eigenvalue weighted by Gasteiger charge is -2.34. The van der Waals surface area contributed by atoms with Crippen LogP contribution < -0.4 is 29.9 Å². The van der Waals surface area contributed by atoms with Crippen LogP contribution in [0.2, 0.25) is 0 Å². The zero-order valence-corrected chi connectivity index (χ0v) is 20.5. The van der Waals surface area contributed by atoms with Crippen molar-refractivity contribution in [1.82, 2.24) is 15.3 Å². The minimum atomic E-state index is -0.392. The van der Waals surface area contributed by atoms with Crippen LogP contribution in [-0.2, 0) is 9.53 Å². The summed E-state index contributed by atoms with van der Waals surface area (Å²) in [5.74, 6) is 0.956. The molecule has 5 heterocycles. The number of carbonyl (C=O) groups excluding carboxylic acids is 2. The van der Waals surface area contributed by atoms with Crippen LogP contribution in [0.4, 0.5) is 21.9 Å². The first-order valence-corrected chi connectivity index (χ1v) is 12.4. The second kappa shape index (κ2) is 9.74. The molecule has 11 nitrogen and oxygen atoms in total. The summed E-state index contributed by atoms with van der Waals surface area (Å²) in [7, 11) is 1.61. The number of cyclic esters (lactones) is 1. The fourth-order valence-electron chi connectivity index (χ4n) is 5.06. The number of benzene rings is 1. The molecule has 0 aliphatic carbocycles. The largest absolute Gasteiger partial charge is 0.482 e. The third kappa shape index (κ3) is 4.69. The number of pyridine rings is 2. The van der Waals surface area contributed by atoms with Crippen molar-refractivity contribution < 1.29 is 23.8 Å². The van der Waals surface area contributed by atoms with E-state index in [4.69, 9.17) is 14.2 Å². The lowest BCUT2D eigenvalue weighted by molar-refractivity contribution is -0.118. The Morgan fingerprint density at radius 1 is 1.16 bits per heavy atom. The molecule has 6 rings (SSSR count). The number of piperidine rings is 1. The summed E-state index contributed by atoms with van der Waals surface area (Å²) in [4.78, 5) is 37.2. The van der Waals surface area contributed by atoms with Crippen molar-refractivity contribution in [2.24, 2.45) is 0 Å². The zero-order valence-electron chi connectivity index (χ0n) is 20.5. The van der Waals surface area contributed by atoms with E-state index in [0.29, 0.717) is 42.1 Å². The van der Waals surface area contributed by atoms with Crippen molar-refractivity contribution in [2.75, 3.05) is 55.0 Å². The quantitative estimate of drug-likeness (QED) is 0.522. The second-order valence-electron chi connectivity index (χ2n) is 9.35. The third-order valence-electron chi connectivity index (χ3n) is 7.00. The molecule has 2 aromatic heterocycles. The molecule has 3 aliphatic rings. The fraction of sp³-hybridized carbons (Fsp3) is 0.385. The van der Waals surface area contributed by atoms with Gasteiger partial charge >= 0.3 is 6.09 Å². The molecule has 1 atom stereocenters. The van der Waals surface area contributed by atoms with Gasteiger partial charge in [0.05, 0.1) is 30.5 Å². The first-order chi connectivity index (χ1) is 18.1. The first kappa shape index (κ1) is 23.3. The van der Waals surface area contributed by atoms with E-state index < -0.39 is 6.09 Å². The summed E-state index contributed by atoms with van der Waals surface area (Å²) >= 11 is 0. The maximum absolute atomic E-state index is 12.6. The van der Waals surface area contributed by atoms with E-state index in [1.807, 2.05) is 24.4 Å². The minimum Gasteiger partial charge on any atom is -0.482 e.